The maximum Gasteiger partial charge on any atom is 0.308 e. The molecule has 7 heteroatoms. The monoisotopic (exact) mass is 405 g/mol. The van der Waals surface area contributed by atoms with Crippen LogP contribution in [0, 0.1) is 11.8 Å². The molecule has 0 fully saturated rings. The standard InChI is InChI=1S/C22H35N3O4/c1-7-16(6)24-20(14(2)3)21(27)23-12-19(26)25-18-10-8-17(9-11-18)13-29-22(28)15(4)5/h8-11,14-16,20,24H,7,12-13H2,1-6H3,(H,23,27)(H,25,26). The van der Waals surface area contributed by atoms with E-state index in [0.717, 1.165) is 12.0 Å². The minimum absolute atomic E-state index is 0.0992. The van der Waals surface area contributed by atoms with E-state index in [2.05, 4.69) is 22.9 Å². The summed E-state index contributed by atoms with van der Waals surface area (Å²) >= 11 is 0. The van der Waals surface area contributed by atoms with Crippen molar-refractivity contribution in [3.8, 4) is 0 Å². The van der Waals surface area contributed by atoms with Crippen molar-refractivity contribution in [1.29, 1.82) is 0 Å². The molecule has 0 spiro atoms. The van der Waals surface area contributed by atoms with E-state index in [0.29, 0.717) is 5.69 Å². The molecule has 29 heavy (non-hydrogen) atoms. The number of rotatable bonds is 11. The zero-order valence-corrected chi connectivity index (χ0v) is 18.4. The zero-order chi connectivity index (χ0) is 22.0. The Labute approximate surface area is 174 Å². The topological polar surface area (TPSA) is 96.5 Å². The number of benzene rings is 1. The average molecular weight is 406 g/mol. The second-order valence-corrected chi connectivity index (χ2v) is 7.92. The van der Waals surface area contributed by atoms with Crippen LogP contribution in [0.3, 0.4) is 0 Å². The fourth-order valence-electron chi connectivity index (χ4n) is 2.48. The number of hydrogen-bond acceptors (Lipinski definition) is 5. The number of nitrogens with one attached hydrogen (secondary N) is 3. The Morgan fingerprint density at radius 2 is 1.62 bits per heavy atom. The van der Waals surface area contributed by atoms with Gasteiger partial charge in [0.25, 0.3) is 0 Å². The minimum Gasteiger partial charge on any atom is -0.461 e. The van der Waals surface area contributed by atoms with Gasteiger partial charge in [-0.25, -0.2) is 0 Å². The molecule has 0 aliphatic carbocycles. The quantitative estimate of drug-likeness (QED) is 0.492. The van der Waals surface area contributed by atoms with Gasteiger partial charge in [-0.2, -0.15) is 0 Å². The van der Waals surface area contributed by atoms with Gasteiger partial charge in [-0.3, -0.25) is 14.4 Å². The van der Waals surface area contributed by atoms with Crippen molar-refractivity contribution in [3.63, 3.8) is 0 Å². The van der Waals surface area contributed by atoms with Gasteiger partial charge < -0.3 is 20.7 Å². The van der Waals surface area contributed by atoms with Gasteiger partial charge in [0.2, 0.25) is 11.8 Å². The molecule has 0 aliphatic rings. The number of carbonyl (C=O) groups excluding carboxylic acids is 3. The smallest absolute Gasteiger partial charge is 0.308 e. The van der Waals surface area contributed by atoms with Crippen LogP contribution in [0.15, 0.2) is 24.3 Å². The van der Waals surface area contributed by atoms with Crippen molar-refractivity contribution in [2.75, 3.05) is 11.9 Å². The van der Waals surface area contributed by atoms with E-state index in [1.165, 1.54) is 0 Å². The Bertz CT molecular complexity index is 671. The maximum atomic E-state index is 12.4. The van der Waals surface area contributed by atoms with Gasteiger partial charge in [0.05, 0.1) is 18.5 Å². The highest BCUT2D eigenvalue weighted by atomic mass is 16.5. The molecule has 0 radical (unpaired) electrons. The lowest BCUT2D eigenvalue weighted by molar-refractivity contribution is -0.148. The molecule has 0 aromatic heterocycles. The molecule has 0 heterocycles. The molecule has 0 saturated carbocycles. The molecule has 1 aromatic rings. The fourth-order valence-corrected chi connectivity index (χ4v) is 2.48. The third-order valence-corrected chi connectivity index (χ3v) is 4.54. The number of anilines is 1. The predicted molar refractivity (Wildman–Crippen MR) is 114 cm³/mol. The van der Waals surface area contributed by atoms with E-state index in [1.807, 2.05) is 20.8 Å². The average Bonchev–Trinajstić information content (AvgIpc) is 2.68. The van der Waals surface area contributed by atoms with E-state index >= 15 is 0 Å². The molecule has 3 N–H and O–H groups in total. The molecule has 0 saturated heterocycles. The SMILES string of the molecule is CCC(C)NC(C(=O)NCC(=O)Nc1ccc(COC(=O)C(C)C)cc1)C(C)C. The molecule has 1 aromatic carbocycles. The summed E-state index contributed by atoms with van der Waals surface area (Å²) in [7, 11) is 0. The highest BCUT2D eigenvalue weighted by molar-refractivity contribution is 5.95. The Kier molecular flexibility index (Phi) is 10.4. The van der Waals surface area contributed by atoms with E-state index < -0.39 is 0 Å². The Balaban J connectivity index is 2.49. The molecule has 0 aliphatic heterocycles. The minimum atomic E-state index is -0.342. The summed E-state index contributed by atoms with van der Waals surface area (Å²) in [6.07, 6.45) is 0.920. The largest absolute Gasteiger partial charge is 0.461 e. The molecular weight excluding hydrogens is 370 g/mol. The van der Waals surface area contributed by atoms with Crippen LogP contribution in [-0.4, -0.2) is 36.4 Å². The van der Waals surface area contributed by atoms with Gasteiger partial charge in [0, 0.05) is 11.7 Å². The van der Waals surface area contributed by atoms with Gasteiger partial charge in [-0.05, 0) is 37.0 Å². The molecule has 2 amide bonds. The van der Waals surface area contributed by atoms with E-state index in [-0.39, 0.29) is 54.9 Å². The molecule has 2 atom stereocenters. The van der Waals surface area contributed by atoms with Crippen molar-refractivity contribution in [2.45, 2.75) is 66.7 Å². The van der Waals surface area contributed by atoms with Gasteiger partial charge in [0.15, 0.2) is 0 Å². The van der Waals surface area contributed by atoms with Gasteiger partial charge in [-0.1, -0.05) is 46.8 Å². The fraction of sp³-hybridized carbons (Fsp3) is 0.591. The van der Waals surface area contributed by atoms with Crippen LogP contribution in [0.5, 0.6) is 0 Å². The Hall–Kier alpha value is -2.41. The first-order chi connectivity index (χ1) is 13.6. The Morgan fingerprint density at radius 3 is 2.14 bits per heavy atom. The first-order valence-corrected chi connectivity index (χ1v) is 10.2. The molecular formula is C22H35N3O4. The van der Waals surface area contributed by atoms with Crippen molar-refractivity contribution in [2.24, 2.45) is 11.8 Å². The summed E-state index contributed by atoms with van der Waals surface area (Å²) < 4.78 is 5.17. The number of ether oxygens (including phenoxy) is 1. The maximum absolute atomic E-state index is 12.4. The third-order valence-electron chi connectivity index (χ3n) is 4.54. The van der Waals surface area contributed by atoms with Gasteiger partial charge >= 0.3 is 5.97 Å². The molecule has 0 bridgehead atoms. The van der Waals surface area contributed by atoms with Crippen LogP contribution < -0.4 is 16.0 Å². The first-order valence-electron chi connectivity index (χ1n) is 10.2. The van der Waals surface area contributed by atoms with Crippen LogP contribution in [-0.2, 0) is 25.7 Å². The summed E-state index contributed by atoms with van der Waals surface area (Å²) in [4.78, 5) is 36.1. The van der Waals surface area contributed by atoms with Crippen LogP contribution in [0.25, 0.3) is 0 Å². The number of carbonyl (C=O) groups is 3. The molecule has 1 rings (SSSR count). The van der Waals surface area contributed by atoms with E-state index in [9.17, 15) is 14.4 Å². The van der Waals surface area contributed by atoms with Crippen LogP contribution in [0.4, 0.5) is 5.69 Å². The number of esters is 1. The van der Waals surface area contributed by atoms with Gasteiger partial charge in [0.1, 0.15) is 6.61 Å². The summed E-state index contributed by atoms with van der Waals surface area (Å²) in [6, 6.07) is 6.92. The molecule has 7 nitrogen and oxygen atoms in total. The summed E-state index contributed by atoms with van der Waals surface area (Å²) in [5.74, 6) is -0.786. The molecule has 2 unspecified atom stereocenters. The van der Waals surface area contributed by atoms with E-state index in [1.54, 1.807) is 38.1 Å². The van der Waals surface area contributed by atoms with Crippen LogP contribution in [0.1, 0.15) is 53.5 Å². The first kappa shape index (κ1) is 24.6. The van der Waals surface area contributed by atoms with Crippen molar-refractivity contribution < 1.29 is 19.1 Å². The number of amides is 2. The van der Waals surface area contributed by atoms with Crippen LogP contribution in [0.2, 0.25) is 0 Å². The lowest BCUT2D eigenvalue weighted by Gasteiger charge is -2.25. The van der Waals surface area contributed by atoms with E-state index in [4.69, 9.17) is 4.74 Å². The lowest BCUT2D eigenvalue weighted by atomic mass is 10.0. The highest BCUT2D eigenvalue weighted by Gasteiger charge is 2.23. The van der Waals surface area contributed by atoms with Gasteiger partial charge in [-0.15, -0.1) is 0 Å². The lowest BCUT2D eigenvalue weighted by Crippen LogP contribution is -2.51. The molecule has 162 valence electrons. The summed E-state index contributed by atoms with van der Waals surface area (Å²) in [6.45, 7) is 11.7. The van der Waals surface area contributed by atoms with Crippen LogP contribution >= 0.6 is 0 Å². The second-order valence-electron chi connectivity index (χ2n) is 7.92. The highest BCUT2D eigenvalue weighted by Crippen LogP contribution is 2.11. The predicted octanol–water partition coefficient (Wildman–Crippen LogP) is 2.85. The number of hydrogen-bond donors (Lipinski definition) is 3. The second kappa shape index (κ2) is 12.2. The summed E-state index contributed by atoms with van der Waals surface area (Å²) in [5, 5.41) is 8.74. The summed E-state index contributed by atoms with van der Waals surface area (Å²) in [5.41, 5.74) is 1.45. The zero-order valence-electron chi connectivity index (χ0n) is 18.4. The Morgan fingerprint density at radius 1 is 1.00 bits per heavy atom. The normalized spacial score (nSPS) is 13.1. The van der Waals surface area contributed by atoms with Crippen molar-refractivity contribution >= 4 is 23.5 Å². The van der Waals surface area contributed by atoms with Crippen molar-refractivity contribution in [3.05, 3.63) is 29.8 Å². The van der Waals surface area contributed by atoms with Crippen molar-refractivity contribution in [1.82, 2.24) is 10.6 Å². The third kappa shape index (κ3) is 9.09.